The molecule has 0 unspecified atom stereocenters. The number of piperidine rings is 1. The van der Waals surface area contributed by atoms with Crippen molar-refractivity contribution in [2.45, 2.75) is 30.0 Å². The molecule has 7 heteroatoms. The van der Waals surface area contributed by atoms with Gasteiger partial charge in [-0.25, -0.2) is 13.1 Å². The lowest BCUT2D eigenvalue weighted by Crippen LogP contribution is -2.45. The highest BCUT2D eigenvalue weighted by atomic mass is 79.9. The van der Waals surface area contributed by atoms with Crippen LogP contribution in [0.15, 0.2) is 14.1 Å². The van der Waals surface area contributed by atoms with Gasteiger partial charge in [0.25, 0.3) is 0 Å². The number of hydrogen-bond acceptors (Lipinski definition) is 4. The molecule has 1 aromatic rings. The van der Waals surface area contributed by atoms with E-state index in [4.69, 9.17) is 0 Å². The summed E-state index contributed by atoms with van der Waals surface area (Å²) < 4.78 is 28.2. The van der Waals surface area contributed by atoms with E-state index in [0.29, 0.717) is 10.8 Å². The zero-order valence-electron chi connectivity index (χ0n) is 9.49. The summed E-state index contributed by atoms with van der Waals surface area (Å²) in [6.45, 7) is 3.58. The van der Waals surface area contributed by atoms with Gasteiger partial charge in [-0.15, -0.1) is 11.3 Å². The van der Waals surface area contributed by atoms with Crippen molar-refractivity contribution < 1.29 is 8.42 Å². The molecule has 1 atom stereocenters. The Bertz CT molecular complexity index is 473. The molecule has 0 aromatic carbocycles. The normalized spacial score (nSPS) is 21.6. The molecule has 0 amide bonds. The second-order valence-electron chi connectivity index (χ2n) is 4.19. The van der Waals surface area contributed by atoms with Crippen molar-refractivity contribution in [3.05, 3.63) is 15.4 Å². The van der Waals surface area contributed by atoms with E-state index in [0.717, 1.165) is 28.7 Å². The van der Waals surface area contributed by atoms with Crippen LogP contribution in [0.3, 0.4) is 0 Å². The highest BCUT2D eigenvalue weighted by Crippen LogP contribution is 2.30. The summed E-state index contributed by atoms with van der Waals surface area (Å²) in [6.07, 6.45) is 1.91. The average molecular weight is 339 g/mol. The molecular weight excluding hydrogens is 324 g/mol. The molecule has 2 rings (SSSR count). The highest BCUT2D eigenvalue weighted by molar-refractivity contribution is 9.11. The first-order chi connectivity index (χ1) is 7.99. The molecule has 1 aromatic heterocycles. The smallest absolute Gasteiger partial charge is 0.250 e. The first kappa shape index (κ1) is 13.5. The fraction of sp³-hybridized carbons (Fsp3) is 0.600. The van der Waals surface area contributed by atoms with Crippen molar-refractivity contribution in [2.75, 3.05) is 13.1 Å². The van der Waals surface area contributed by atoms with Crippen molar-refractivity contribution >= 4 is 37.3 Å². The van der Waals surface area contributed by atoms with Crippen LogP contribution in [0.25, 0.3) is 0 Å². The molecule has 1 aliphatic heterocycles. The summed E-state index contributed by atoms with van der Waals surface area (Å²) in [5.41, 5.74) is 0.956. The third-order valence-electron chi connectivity index (χ3n) is 2.72. The lowest BCUT2D eigenvalue weighted by Gasteiger charge is -2.23. The van der Waals surface area contributed by atoms with Gasteiger partial charge >= 0.3 is 0 Å². The number of halogens is 1. The van der Waals surface area contributed by atoms with E-state index in [-0.39, 0.29) is 6.04 Å². The van der Waals surface area contributed by atoms with Gasteiger partial charge in [-0.3, -0.25) is 0 Å². The third-order valence-corrected chi connectivity index (χ3v) is 6.85. The summed E-state index contributed by atoms with van der Waals surface area (Å²) in [6, 6.07) is 1.71. The minimum Gasteiger partial charge on any atom is -0.315 e. The molecule has 2 N–H and O–H groups in total. The van der Waals surface area contributed by atoms with Gasteiger partial charge in [0.2, 0.25) is 10.0 Å². The number of sulfonamides is 1. The molecule has 0 radical (unpaired) electrons. The molecule has 1 fully saturated rings. The summed E-state index contributed by atoms with van der Waals surface area (Å²) in [7, 11) is -3.36. The fourth-order valence-electron chi connectivity index (χ4n) is 1.79. The summed E-state index contributed by atoms with van der Waals surface area (Å²) >= 11 is 4.60. The van der Waals surface area contributed by atoms with E-state index in [1.165, 1.54) is 11.3 Å². The van der Waals surface area contributed by atoms with E-state index in [9.17, 15) is 8.42 Å². The minimum atomic E-state index is -3.36. The maximum absolute atomic E-state index is 12.1. The van der Waals surface area contributed by atoms with Gasteiger partial charge in [-0.05, 0) is 53.9 Å². The lowest BCUT2D eigenvalue weighted by atomic mass is 10.1. The van der Waals surface area contributed by atoms with E-state index < -0.39 is 10.0 Å². The average Bonchev–Trinajstić information content (AvgIpc) is 2.61. The summed E-state index contributed by atoms with van der Waals surface area (Å²) in [4.78, 5) is 0. The quantitative estimate of drug-likeness (QED) is 0.884. The van der Waals surface area contributed by atoms with Crippen molar-refractivity contribution in [1.82, 2.24) is 10.0 Å². The molecule has 2 heterocycles. The standard InChI is InChI=1S/C10H15BrN2O2S2/c1-7-5-9(16-10(7)11)17(14,15)13-8-3-2-4-12-6-8/h5,8,12-13H,2-4,6H2,1H3/t8-/m1/s1. The Balaban J connectivity index is 2.12. The molecule has 17 heavy (non-hydrogen) atoms. The second-order valence-corrected chi connectivity index (χ2v) is 8.50. The lowest BCUT2D eigenvalue weighted by molar-refractivity contribution is 0.429. The van der Waals surface area contributed by atoms with Crippen LogP contribution in [0.4, 0.5) is 0 Å². The number of nitrogens with one attached hydrogen (secondary N) is 2. The summed E-state index contributed by atoms with van der Waals surface area (Å²) in [5.74, 6) is 0. The Kier molecular flexibility index (Phi) is 4.25. The van der Waals surface area contributed by atoms with Gasteiger partial charge in [0.1, 0.15) is 4.21 Å². The fourth-order valence-corrected chi connectivity index (χ4v) is 5.31. The largest absolute Gasteiger partial charge is 0.315 e. The first-order valence-corrected chi connectivity index (χ1v) is 8.57. The molecule has 1 aliphatic rings. The van der Waals surface area contributed by atoms with Crippen LogP contribution < -0.4 is 10.0 Å². The zero-order chi connectivity index (χ0) is 12.5. The Morgan fingerprint density at radius 3 is 2.88 bits per heavy atom. The number of hydrogen-bond donors (Lipinski definition) is 2. The molecular formula is C10H15BrN2O2S2. The zero-order valence-corrected chi connectivity index (χ0v) is 12.7. The second kappa shape index (κ2) is 5.36. The van der Waals surface area contributed by atoms with Crippen LogP contribution >= 0.6 is 27.3 Å². The Morgan fingerprint density at radius 2 is 2.35 bits per heavy atom. The number of aryl methyl sites for hydroxylation is 1. The van der Waals surface area contributed by atoms with Gasteiger partial charge in [0, 0.05) is 12.6 Å². The number of thiophene rings is 1. The SMILES string of the molecule is Cc1cc(S(=O)(=O)N[C@@H]2CCCNC2)sc1Br. The van der Waals surface area contributed by atoms with Crippen LogP contribution in [0.5, 0.6) is 0 Å². The van der Waals surface area contributed by atoms with E-state index >= 15 is 0 Å². The van der Waals surface area contributed by atoms with Gasteiger partial charge in [-0.1, -0.05) is 0 Å². The maximum atomic E-state index is 12.1. The monoisotopic (exact) mass is 338 g/mol. The van der Waals surface area contributed by atoms with Crippen molar-refractivity contribution in [3.8, 4) is 0 Å². The van der Waals surface area contributed by atoms with Crippen molar-refractivity contribution in [1.29, 1.82) is 0 Å². The van der Waals surface area contributed by atoms with Gasteiger partial charge in [0.15, 0.2) is 0 Å². The van der Waals surface area contributed by atoms with E-state index in [2.05, 4.69) is 26.0 Å². The minimum absolute atomic E-state index is 0.00920. The highest BCUT2D eigenvalue weighted by Gasteiger charge is 2.23. The molecule has 96 valence electrons. The molecule has 0 bridgehead atoms. The molecule has 0 aliphatic carbocycles. The van der Waals surface area contributed by atoms with Crippen LogP contribution in [-0.2, 0) is 10.0 Å². The van der Waals surface area contributed by atoms with Crippen LogP contribution in [0.2, 0.25) is 0 Å². The van der Waals surface area contributed by atoms with Crippen LogP contribution in [-0.4, -0.2) is 27.5 Å². The van der Waals surface area contributed by atoms with Crippen molar-refractivity contribution in [2.24, 2.45) is 0 Å². The molecule has 0 spiro atoms. The first-order valence-electron chi connectivity index (χ1n) is 5.48. The van der Waals surface area contributed by atoms with Gasteiger partial charge < -0.3 is 5.32 Å². The van der Waals surface area contributed by atoms with E-state index in [1.54, 1.807) is 6.07 Å². The molecule has 0 saturated carbocycles. The topological polar surface area (TPSA) is 58.2 Å². The Labute approximate surface area is 114 Å². The van der Waals surface area contributed by atoms with Gasteiger partial charge in [0.05, 0.1) is 3.79 Å². The van der Waals surface area contributed by atoms with E-state index in [1.807, 2.05) is 6.92 Å². The number of rotatable bonds is 3. The van der Waals surface area contributed by atoms with Gasteiger partial charge in [-0.2, -0.15) is 0 Å². The molecule has 1 saturated heterocycles. The Morgan fingerprint density at radius 1 is 1.59 bits per heavy atom. The van der Waals surface area contributed by atoms with Crippen LogP contribution in [0, 0.1) is 6.92 Å². The summed E-state index contributed by atoms with van der Waals surface area (Å²) in [5, 5.41) is 3.19. The predicted molar refractivity (Wildman–Crippen MR) is 73.0 cm³/mol. The maximum Gasteiger partial charge on any atom is 0.250 e. The van der Waals surface area contributed by atoms with Crippen LogP contribution in [0.1, 0.15) is 18.4 Å². The third kappa shape index (κ3) is 3.29. The molecule has 4 nitrogen and oxygen atoms in total. The predicted octanol–water partition coefficient (Wildman–Crippen LogP) is 1.85. The van der Waals surface area contributed by atoms with Crippen molar-refractivity contribution in [3.63, 3.8) is 0 Å². The Hall–Kier alpha value is 0.0500.